The first kappa shape index (κ1) is 13.4. The van der Waals surface area contributed by atoms with E-state index < -0.39 is 8.32 Å². The SMILES string of the molecule is CCCCCCCC[Si](C)(C)O[SiH3]. The molecule has 0 unspecified atom stereocenters. The molecule has 0 N–H and O–H groups in total. The van der Waals surface area contributed by atoms with E-state index in [0.29, 0.717) is 0 Å². The van der Waals surface area contributed by atoms with E-state index in [2.05, 4.69) is 20.0 Å². The molecular formula is C10H26OSi2. The van der Waals surface area contributed by atoms with Gasteiger partial charge in [0.25, 0.3) is 0 Å². The summed E-state index contributed by atoms with van der Waals surface area (Å²) in [7, 11) is -0.255. The molecule has 0 aromatic heterocycles. The molecule has 0 saturated carbocycles. The summed E-state index contributed by atoms with van der Waals surface area (Å²) in [6.45, 7) is 6.95. The minimum atomic E-state index is -1.18. The molecule has 0 fully saturated rings. The molecule has 0 aromatic rings. The van der Waals surface area contributed by atoms with E-state index >= 15 is 0 Å². The molecule has 0 spiro atoms. The van der Waals surface area contributed by atoms with Crippen molar-refractivity contribution in [2.45, 2.75) is 64.6 Å². The van der Waals surface area contributed by atoms with Crippen molar-refractivity contribution in [1.82, 2.24) is 0 Å². The van der Waals surface area contributed by atoms with Crippen LogP contribution in [0.1, 0.15) is 45.4 Å². The van der Waals surface area contributed by atoms with Gasteiger partial charge < -0.3 is 4.12 Å². The summed E-state index contributed by atoms with van der Waals surface area (Å²) in [4.78, 5) is 0. The van der Waals surface area contributed by atoms with Crippen LogP contribution in [-0.4, -0.2) is 18.8 Å². The molecule has 0 heterocycles. The lowest BCUT2D eigenvalue weighted by Gasteiger charge is -2.20. The second kappa shape index (κ2) is 7.77. The molecule has 0 bridgehead atoms. The van der Waals surface area contributed by atoms with Crippen LogP contribution in [0.15, 0.2) is 0 Å². The Morgan fingerprint density at radius 3 is 2.08 bits per heavy atom. The van der Waals surface area contributed by atoms with E-state index in [9.17, 15) is 0 Å². The number of rotatable bonds is 8. The molecule has 0 aromatic carbocycles. The molecule has 1 nitrogen and oxygen atoms in total. The molecule has 0 radical (unpaired) electrons. The van der Waals surface area contributed by atoms with Gasteiger partial charge in [0.05, 0.1) is 0 Å². The van der Waals surface area contributed by atoms with Gasteiger partial charge >= 0.3 is 0 Å². The van der Waals surface area contributed by atoms with E-state index in [4.69, 9.17) is 4.12 Å². The lowest BCUT2D eigenvalue weighted by Crippen LogP contribution is -2.28. The van der Waals surface area contributed by atoms with Crippen LogP contribution in [0.4, 0.5) is 0 Å². The molecule has 0 amide bonds. The number of unbranched alkanes of at least 4 members (excludes halogenated alkanes) is 5. The zero-order chi connectivity index (χ0) is 10.2. The highest BCUT2D eigenvalue weighted by Crippen LogP contribution is 2.15. The summed E-state index contributed by atoms with van der Waals surface area (Å²) in [6.07, 6.45) is 8.44. The first-order valence-electron chi connectivity index (χ1n) is 5.67. The fraction of sp³-hybridized carbons (Fsp3) is 1.00. The van der Waals surface area contributed by atoms with Crippen LogP contribution in [0.25, 0.3) is 0 Å². The predicted molar refractivity (Wildman–Crippen MR) is 66.7 cm³/mol. The van der Waals surface area contributed by atoms with Crippen LogP contribution >= 0.6 is 0 Å². The van der Waals surface area contributed by atoms with Crippen LogP contribution in [-0.2, 0) is 4.12 Å². The average Bonchev–Trinajstić information content (AvgIpc) is 2.11. The summed E-state index contributed by atoms with van der Waals surface area (Å²) >= 11 is 0. The second-order valence-corrected chi connectivity index (χ2v) is 10.1. The Morgan fingerprint density at radius 2 is 1.54 bits per heavy atom. The van der Waals surface area contributed by atoms with Crippen LogP contribution in [0.3, 0.4) is 0 Å². The number of hydrogen-bond acceptors (Lipinski definition) is 1. The van der Waals surface area contributed by atoms with Gasteiger partial charge in [-0.2, -0.15) is 0 Å². The van der Waals surface area contributed by atoms with Crippen molar-refractivity contribution in [3.8, 4) is 0 Å². The highest BCUT2D eigenvalue weighted by Gasteiger charge is 2.18. The Kier molecular flexibility index (Phi) is 8.00. The molecule has 13 heavy (non-hydrogen) atoms. The summed E-state index contributed by atoms with van der Waals surface area (Å²) in [5, 5.41) is 0. The smallest absolute Gasteiger partial charge is 0.172 e. The van der Waals surface area contributed by atoms with E-state index in [1.807, 2.05) is 0 Å². The maximum Gasteiger partial charge on any atom is 0.172 e. The van der Waals surface area contributed by atoms with Crippen molar-refractivity contribution in [2.75, 3.05) is 0 Å². The molecule has 3 heteroatoms. The monoisotopic (exact) mass is 218 g/mol. The summed E-state index contributed by atoms with van der Waals surface area (Å²) in [5.74, 6) is 0. The maximum atomic E-state index is 5.64. The van der Waals surface area contributed by atoms with E-state index in [0.717, 1.165) is 10.5 Å². The van der Waals surface area contributed by atoms with Crippen molar-refractivity contribution < 1.29 is 4.12 Å². The van der Waals surface area contributed by atoms with Crippen LogP contribution in [0.2, 0.25) is 19.1 Å². The zero-order valence-electron chi connectivity index (χ0n) is 9.86. The lowest BCUT2D eigenvalue weighted by molar-refractivity contribution is 0.579. The summed E-state index contributed by atoms with van der Waals surface area (Å²) < 4.78 is 5.64. The van der Waals surface area contributed by atoms with Gasteiger partial charge in [-0.05, 0) is 19.1 Å². The van der Waals surface area contributed by atoms with Gasteiger partial charge in [-0.1, -0.05) is 45.4 Å². The highest BCUT2D eigenvalue weighted by atomic mass is 28.4. The Bertz CT molecular complexity index is 115. The molecule has 80 valence electrons. The molecule has 0 atom stereocenters. The molecule has 0 aliphatic rings. The maximum absolute atomic E-state index is 5.64. The first-order valence-corrected chi connectivity index (χ1v) is 9.60. The second-order valence-electron chi connectivity index (χ2n) is 4.48. The topological polar surface area (TPSA) is 9.23 Å². The highest BCUT2D eigenvalue weighted by molar-refractivity contribution is 6.73. The van der Waals surface area contributed by atoms with Gasteiger partial charge in [0.2, 0.25) is 0 Å². The molecule has 0 aliphatic heterocycles. The van der Waals surface area contributed by atoms with Gasteiger partial charge in [-0.25, -0.2) is 0 Å². The largest absolute Gasteiger partial charge is 0.463 e. The number of hydrogen-bond donors (Lipinski definition) is 0. The average molecular weight is 218 g/mol. The van der Waals surface area contributed by atoms with Gasteiger partial charge in [-0.15, -0.1) is 0 Å². The van der Waals surface area contributed by atoms with Crippen LogP contribution in [0, 0.1) is 0 Å². The minimum absolute atomic E-state index is 0.929. The molecule has 0 rings (SSSR count). The Morgan fingerprint density at radius 1 is 1.00 bits per heavy atom. The standard InChI is InChI=1S/C10H26OSi2/c1-4-5-6-7-8-9-10-13(2,3)11-12/h4-10H2,1-3,12H3. The predicted octanol–water partition coefficient (Wildman–Crippen LogP) is 2.85. The third-order valence-corrected chi connectivity index (χ3v) is 8.66. The zero-order valence-corrected chi connectivity index (χ0v) is 12.9. The third-order valence-electron chi connectivity index (χ3n) is 2.68. The first-order chi connectivity index (χ1) is 6.12. The lowest BCUT2D eigenvalue weighted by atomic mass is 10.1. The van der Waals surface area contributed by atoms with Gasteiger partial charge in [0.15, 0.2) is 8.32 Å². The van der Waals surface area contributed by atoms with Crippen molar-refractivity contribution in [2.24, 2.45) is 0 Å². The quantitative estimate of drug-likeness (QED) is 0.450. The third kappa shape index (κ3) is 8.72. The van der Waals surface area contributed by atoms with Crippen LogP contribution < -0.4 is 0 Å². The van der Waals surface area contributed by atoms with Crippen molar-refractivity contribution in [3.63, 3.8) is 0 Å². The van der Waals surface area contributed by atoms with E-state index in [1.165, 1.54) is 44.6 Å². The van der Waals surface area contributed by atoms with Crippen LogP contribution in [0.5, 0.6) is 0 Å². The molecule has 0 saturated heterocycles. The Labute approximate surface area is 87.9 Å². The van der Waals surface area contributed by atoms with Crippen molar-refractivity contribution >= 4 is 18.8 Å². The van der Waals surface area contributed by atoms with E-state index in [1.54, 1.807) is 0 Å². The van der Waals surface area contributed by atoms with E-state index in [-0.39, 0.29) is 0 Å². The fourth-order valence-corrected chi connectivity index (χ4v) is 3.35. The fourth-order valence-electron chi connectivity index (χ4n) is 1.43. The van der Waals surface area contributed by atoms with Gasteiger partial charge in [-0.3, -0.25) is 0 Å². The van der Waals surface area contributed by atoms with Crippen molar-refractivity contribution in [1.29, 1.82) is 0 Å². The normalized spacial score (nSPS) is 12.2. The minimum Gasteiger partial charge on any atom is -0.463 e. The molecular weight excluding hydrogens is 192 g/mol. The van der Waals surface area contributed by atoms with Gasteiger partial charge in [0, 0.05) is 0 Å². The summed E-state index contributed by atoms with van der Waals surface area (Å²) in [5.41, 5.74) is 0. The Balaban J connectivity index is 3.16. The van der Waals surface area contributed by atoms with Gasteiger partial charge in [0.1, 0.15) is 10.5 Å². The Hall–Kier alpha value is 0.394. The summed E-state index contributed by atoms with van der Waals surface area (Å²) in [6, 6.07) is 1.36. The van der Waals surface area contributed by atoms with Crippen molar-refractivity contribution in [3.05, 3.63) is 0 Å². The molecule has 0 aliphatic carbocycles.